The Bertz CT molecular complexity index is 490. The molecule has 1 unspecified atom stereocenters. The number of benzene rings is 1. The van der Waals surface area contributed by atoms with Crippen molar-refractivity contribution in [1.82, 2.24) is 5.01 Å². The summed E-state index contributed by atoms with van der Waals surface area (Å²) in [6.45, 7) is 0.454. The minimum Gasteiger partial charge on any atom is -0.477 e. The summed E-state index contributed by atoms with van der Waals surface area (Å²) in [5, 5.41) is 23.3. The van der Waals surface area contributed by atoms with E-state index < -0.39 is 12.0 Å². The number of nitrogens with zero attached hydrogens (tertiary/aromatic N) is 3. The Balaban J connectivity index is 2.15. The van der Waals surface area contributed by atoms with E-state index in [4.69, 9.17) is 10.4 Å². The molecule has 0 radical (unpaired) electrons. The monoisotopic (exact) mass is 229 g/mol. The number of nitriles is 1. The number of carboxylic acids is 1. The van der Waals surface area contributed by atoms with Gasteiger partial charge in [-0.3, -0.25) is 5.01 Å². The van der Waals surface area contributed by atoms with Gasteiger partial charge in [-0.25, -0.2) is 4.79 Å². The van der Waals surface area contributed by atoms with E-state index in [0.29, 0.717) is 6.54 Å². The van der Waals surface area contributed by atoms with Gasteiger partial charge in [-0.1, -0.05) is 30.3 Å². The molecular formula is C12H11N3O2. The lowest BCUT2D eigenvalue weighted by Gasteiger charge is -2.17. The van der Waals surface area contributed by atoms with Gasteiger partial charge < -0.3 is 5.11 Å². The van der Waals surface area contributed by atoms with Crippen molar-refractivity contribution in [3.05, 3.63) is 35.9 Å². The normalized spacial score (nSPS) is 18.6. The zero-order valence-corrected chi connectivity index (χ0v) is 9.08. The second-order valence-corrected chi connectivity index (χ2v) is 3.78. The molecule has 0 aliphatic carbocycles. The highest BCUT2D eigenvalue weighted by molar-refractivity contribution is 6.36. The first-order valence-corrected chi connectivity index (χ1v) is 5.21. The van der Waals surface area contributed by atoms with Gasteiger partial charge in [-0.15, -0.1) is 0 Å². The lowest BCUT2D eigenvalue weighted by Crippen LogP contribution is -2.24. The molecule has 2 rings (SSSR count). The molecule has 5 nitrogen and oxygen atoms in total. The molecule has 1 N–H and O–H groups in total. The van der Waals surface area contributed by atoms with Crippen molar-refractivity contribution in [2.75, 3.05) is 0 Å². The quantitative estimate of drug-likeness (QED) is 0.845. The van der Waals surface area contributed by atoms with Crippen LogP contribution in [0.3, 0.4) is 0 Å². The average molecular weight is 229 g/mol. The van der Waals surface area contributed by atoms with Gasteiger partial charge in [0.25, 0.3) is 0 Å². The molecular weight excluding hydrogens is 218 g/mol. The number of hydrogen-bond donors (Lipinski definition) is 1. The van der Waals surface area contributed by atoms with Crippen molar-refractivity contribution in [2.45, 2.75) is 19.0 Å². The van der Waals surface area contributed by atoms with E-state index >= 15 is 0 Å². The fourth-order valence-electron chi connectivity index (χ4n) is 1.71. The Labute approximate surface area is 98.6 Å². The van der Waals surface area contributed by atoms with Crippen LogP contribution in [-0.4, -0.2) is 27.8 Å². The van der Waals surface area contributed by atoms with E-state index in [1.807, 2.05) is 30.3 Å². The molecule has 0 saturated carbocycles. The van der Waals surface area contributed by atoms with Crippen molar-refractivity contribution < 1.29 is 9.90 Å². The van der Waals surface area contributed by atoms with Crippen LogP contribution in [0.5, 0.6) is 0 Å². The number of aliphatic carboxylic acids is 1. The molecule has 86 valence electrons. The Morgan fingerprint density at radius 2 is 2.24 bits per heavy atom. The van der Waals surface area contributed by atoms with Gasteiger partial charge in [0.05, 0.1) is 12.6 Å². The molecule has 0 aromatic heterocycles. The number of hydrazone groups is 1. The van der Waals surface area contributed by atoms with Crippen LogP contribution in [-0.2, 0) is 11.3 Å². The van der Waals surface area contributed by atoms with Crippen molar-refractivity contribution in [3.63, 3.8) is 0 Å². The van der Waals surface area contributed by atoms with E-state index in [9.17, 15) is 4.79 Å². The molecule has 0 fully saturated rings. The maximum Gasteiger partial charge on any atom is 0.352 e. The fraction of sp³-hybridized carbons (Fsp3) is 0.250. The molecule has 1 atom stereocenters. The summed E-state index contributed by atoms with van der Waals surface area (Å²) < 4.78 is 0. The highest BCUT2D eigenvalue weighted by Crippen LogP contribution is 2.18. The van der Waals surface area contributed by atoms with Crippen molar-refractivity contribution in [2.24, 2.45) is 5.10 Å². The molecule has 0 bridgehead atoms. The maximum absolute atomic E-state index is 10.8. The van der Waals surface area contributed by atoms with E-state index in [0.717, 1.165) is 5.56 Å². The number of hydrogen-bond acceptors (Lipinski definition) is 4. The van der Waals surface area contributed by atoms with Crippen molar-refractivity contribution >= 4 is 11.7 Å². The molecule has 5 heteroatoms. The summed E-state index contributed by atoms with van der Waals surface area (Å²) in [6.07, 6.45) is 0.179. The van der Waals surface area contributed by atoms with E-state index in [2.05, 4.69) is 11.2 Å². The molecule has 0 spiro atoms. The molecule has 0 saturated heterocycles. The molecule has 1 aliphatic rings. The second kappa shape index (κ2) is 4.66. The fourth-order valence-corrected chi connectivity index (χ4v) is 1.71. The van der Waals surface area contributed by atoms with Crippen LogP contribution in [0, 0.1) is 11.3 Å². The second-order valence-electron chi connectivity index (χ2n) is 3.78. The lowest BCUT2D eigenvalue weighted by atomic mass is 10.1. The van der Waals surface area contributed by atoms with Gasteiger partial charge >= 0.3 is 5.97 Å². The minimum atomic E-state index is -1.05. The summed E-state index contributed by atoms with van der Waals surface area (Å²) in [5.41, 5.74) is 1.05. The third-order valence-electron chi connectivity index (χ3n) is 2.58. The first-order chi connectivity index (χ1) is 8.20. The third-order valence-corrected chi connectivity index (χ3v) is 2.58. The molecule has 0 amide bonds. The average Bonchev–Trinajstić information content (AvgIpc) is 2.74. The molecule has 1 aliphatic heterocycles. The van der Waals surface area contributed by atoms with Gasteiger partial charge in [0.2, 0.25) is 0 Å². The maximum atomic E-state index is 10.8. The Morgan fingerprint density at radius 1 is 1.53 bits per heavy atom. The van der Waals surface area contributed by atoms with Crippen molar-refractivity contribution in [1.29, 1.82) is 5.26 Å². The predicted octanol–water partition coefficient (Wildman–Crippen LogP) is 1.23. The Hall–Kier alpha value is -2.35. The highest BCUT2D eigenvalue weighted by Gasteiger charge is 2.29. The SMILES string of the molecule is N#CC1CC(C(=O)O)=NN1Cc1ccccc1. The molecule has 1 aromatic rings. The van der Waals surface area contributed by atoms with Gasteiger partial charge in [-0.2, -0.15) is 10.4 Å². The van der Waals surface area contributed by atoms with E-state index in [-0.39, 0.29) is 12.1 Å². The molecule has 17 heavy (non-hydrogen) atoms. The Kier molecular flexibility index (Phi) is 3.06. The number of carboxylic acid groups (broad SMARTS) is 1. The van der Waals surface area contributed by atoms with Crippen LogP contribution >= 0.6 is 0 Å². The predicted molar refractivity (Wildman–Crippen MR) is 61.1 cm³/mol. The van der Waals surface area contributed by atoms with Gasteiger partial charge in [0, 0.05) is 6.42 Å². The van der Waals surface area contributed by atoms with Crippen LogP contribution in [0.4, 0.5) is 0 Å². The zero-order valence-electron chi connectivity index (χ0n) is 9.08. The summed E-state index contributed by atoms with van der Waals surface area (Å²) in [7, 11) is 0. The summed E-state index contributed by atoms with van der Waals surface area (Å²) in [4.78, 5) is 10.8. The van der Waals surface area contributed by atoms with Crippen LogP contribution < -0.4 is 0 Å². The van der Waals surface area contributed by atoms with Gasteiger partial charge in [0.15, 0.2) is 0 Å². The number of carbonyl (C=O) groups is 1. The van der Waals surface area contributed by atoms with Crippen LogP contribution in [0.1, 0.15) is 12.0 Å². The van der Waals surface area contributed by atoms with E-state index in [1.54, 1.807) is 0 Å². The van der Waals surface area contributed by atoms with Crippen molar-refractivity contribution in [3.8, 4) is 6.07 Å². The van der Waals surface area contributed by atoms with Crippen LogP contribution in [0.2, 0.25) is 0 Å². The lowest BCUT2D eigenvalue weighted by molar-refractivity contribution is -0.129. The zero-order chi connectivity index (χ0) is 12.3. The van der Waals surface area contributed by atoms with Gasteiger partial charge in [-0.05, 0) is 5.56 Å². The summed E-state index contributed by atoms with van der Waals surface area (Å²) >= 11 is 0. The van der Waals surface area contributed by atoms with Crippen LogP contribution in [0.25, 0.3) is 0 Å². The largest absolute Gasteiger partial charge is 0.477 e. The minimum absolute atomic E-state index is 0.0486. The molecule has 1 aromatic carbocycles. The standard InChI is InChI=1S/C12H11N3O2/c13-7-10-6-11(12(16)17)14-15(10)8-9-4-2-1-3-5-9/h1-5,10H,6,8H2,(H,16,17). The summed E-state index contributed by atoms with van der Waals surface area (Å²) in [6, 6.07) is 11.1. The van der Waals surface area contributed by atoms with Crippen LogP contribution in [0.15, 0.2) is 35.4 Å². The first kappa shape index (κ1) is 11.1. The molecule has 1 heterocycles. The smallest absolute Gasteiger partial charge is 0.352 e. The highest BCUT2D eigenvalue weighted by atomic mass is 16.4. The van der Waals surface area contributed by atoms with Gasteiger partial charge in [0.1, 0.15) is 11.8 Å². The summed E-state index contributed by atoms with van der Waals surface area (Å²) in [5.74, 6) is -1.05. The Morgan fingerprint density at radius 3 is 2.82 bits per heavy atom. The number of rotatable bonds is 3. The topological polar surface area (TPSA) is 76.7 Å². The first-order valence-electron chi connectivity index (χ1n) is 5.21. The van der Waals surface area contributed by atoms with E-state index in [1.165, 1.54) is 5.01 Å². The third kappa shape index (κ3) is 2.42.